The molecule has 0 spiro atoms. The number of piperidine rings is 1. The van der Waals surface area contributed by atoms with Gasteiger partial charge in [0.2, 0.25) is 0 Å². The zero-order chi connectivity index (χ0) is 10.8. The molecular formula is C14H21N. The topological polar surface area (TPSA) is 12.0 Å². The van der Waals surface area contributed by atoms with Gasteiger partial charge in [-0.1, -0.05) is 30.2 Å². The highest BCUT2D eigenvalue weighted by atomic mass is 15.0. The third kappa shape index (κ3) is 2.40. The number of nitrogens with one attached hydrogen (secondary N) is 1. The quantitative estimate of drug-likeness (QED) is 0.736. The molecule has 2 atom stereocenters. The lowest BCUT2D eigenvalue weighted by molar-refractivity contribution is 0.340. The van der Waals surface area contributed by atoms with Crippen molar-refractivity contribution >= 4 is 0 Å². The maximum Gasteiger partial charge on any atom is 0.0325 e. The molecule has 1 heterocycles. The summed E-state index contributed by atoms with van der Waals surface area (Å²) >= 11 is 0. The minimum Gasteiger partial charge on any atom is -0.307 e. The Balaban J connectivity index is 2.21. The van der Waals surface area contributed by atoms with E-state index in [-0.39, 0.29) is 0 Å². The minimum atomic E-state index is 0.578. The maximum absolute atomic E-state index is 3.69. The predicted molar refractivity (Wildman–Crippen MR) is 65.1 cm³/mol. The molecule has 1 nitrogen and oxygen atoms in total. The summed E-state index contributed by atoms with van der Waals surface area (Å²) in [5.74, 6) is 0. The van der Waals surface area contributed by atoms with Gasteiger partial charge in [0.25, 0.3) is 0 Å². The van der Waals surface area contributed by atoms with Crippen LogP contribution in [0.3, 0.4) is 0 Å². The van der Waals surface area contributed by atoms with Gasteiger partial charge in [-0.2, -0.15) is 0 Å². The van der Waals surface area contributed by atoms with Gasteiger partial charge in [0.15, 0.2) is 0 Å². The molecule has 1 aromatic rings. The zero-order valence-corrected chi connectivity index (χ0v) is 10.0. The van der Waals surface area contributed by atoms with E-state index in [1.54, 1.807) is 0 Å². The standard InChI is InChI=1S/C14H21N/c1-10-7-8-13(11(2)9-10)14-6-4-5-12(3)15-14/h7-9,12,14-15H,4-6H2,1-3H3. The fourth-order valence-corrected chi connectivity index (χ4v) is 2.60. The van der Waals surface area contributed by atoms with Crippen LogP contribution in [-0.2, 0) is 0 Å². The number of rotatable bonds is 1. The smallest absolute Gasteiger partial charge is 0.0325 e. The van der Waals surface area contributed by atoms with Crippen molar-refractivity contribution in [1.29, 1.82) is 0 Å². The average Bonchev–Trinajstić information content (AvgIpc) is 2.17. The van der Waals surface area contributed by atoms with Crippen molar-refractivity contribution in [3.63, 3.8) is 0 Å². The fourth-order valence-electron chi connectivity index (χ4n) is 2.60. The van der Waals surface area contributed by atoms with Gasteiger partial charge in [-0.05, 0) is 44.7 Å². The van der Waals surface area contributed by atoms with E-state index in [1.807, 2.05) is 0 Å². The summed E-state index contributed by atoms with van der Waals surface area (Å²) in [5.41, 5.74) is 4.29. The normalized spacial score (nSPS) is 26.6. The van der Waals surface area contributed by atoms with Gasteiger partial charge in [0.1, 0.15) is 0 Å². The molecule has 0 bridgehead atoms. The summed E-state index contributed by atoms with van der Waals surface area (Å²) in [6, 6.07) is 8.05. The molecule has 82 valence electrons. The molecular weight excluding hydrogens is 182 g/mol. The second-order valence-electron chi connectivity index (χ2n) is 4.91. The Bertz CT molecular complexity index is 343. The van der Waals surface area contributed by atoms with E-state index < -0.39 is 0 Å². The third-order valence-electron chi connectivity index (χ3n) is 3.42. The SMILES string of the molecule is Cc1ccc(C2CCCC(C)N2)c(C)c1. The van der Waals surface area contributed by atoms with Gasteiger partial charge in [-0.15, -0.1) is 0 Å². The Morgan fingerprint density at radius 3 is 2.67 bits per heavy atom. The predicted octanol–water partition coefficient (Wildman–Crippen LogP) is 3.51. The van der Waals surface area contributed by atoms with E-state index in [4.69, 9.17) is 0 Å². The van der Waals surface area contributed by atoms with Crippen molar-refractivity contribution in [3.8, 4) is 0 Å². The third-order valence-corrected chi connectivity index (χ3v) is 3.42. The first kappa shape index (κ1) is 10.7. The molecule has 0 aromatic heterocycles. The Morgan fingerprint density at radius 1 is 1.20 bits per heavy atom. The van der Waals surface area contributed by atoms with E-state index in [2.05, 4.69) is 44.3 Å². The van der Waals surface area contributed by atoms with Crippen molar-refractivity contribution in [2.24, 2.45) is 0 Å². The number of hydrogen-bond acceptors (Lipinski definition) is 1. The summed E-state index contributed by atoms with van der Waals surface area (Å²) in [5, 5.41) is 3.69. The van der Waals surface area contributed by atoms with Crippen LogP contribution >= 0.6 is 0 Å². The molecule has 0 radical (unpaired) electrons. The van der Waals surface area contributed by atoms with E-state index in [9.17, 15) is 0 Å². The van der Waals surface area contributed by atoms with Crippen molar-refractivity contribution in [3.05, 3.63) is 34.9 Å². The molecule has 1 aromatic carbocycles. The monoisotopic (exact) mass is 203 g/mol. The van der Waals surface area contributed by atoms with Gasteiger partial charge in [-0.3, -0.25) is 0 Å². The lowest BCUT2D eigenvalue weighted by atomic mass is 9.91. The first-order valence-electron chi connectivity index (χ1n) is 6.00. The molecule has 0 aliphatic carbocycles. The molecule has 0 amide bonds. The van der Waals surface area contributed by atoms with Crippen LogP contribution in [0.5, 0.6) is 0 Å². The Labute approximate surface area is 92.9 Å². The van der Waals surface area contributed by atoms with Gasteiger partial charge in [0, 0.05) is 12.1 Å². The molecule has 2 rings (SSSR count). The van der Waals surface area contributed by atoms with Gasteiger partial charge in [0.05, 0.1) is 0 Å². The van der Waals surface area contributed by atoms with Crippen LogP contribution in [0.4, 0.5) is 0 Å². The largest absolute Gasteiger partial charge is 0.307 e. The lowest BCUT2D eigenvalue weighted by Gasteiger charge is -2.30. The number of benzene rings is 1. The number of aryl methyl sites for hydroxylation is 2. The molecule has 1 aliphatic rings. The Hall–Kier alpha value is -0.820. The maximum atomic E-state index is 3.69. The first-order chi connectivity index (χ1) is 7.16. The second kappa shape index (κ2) is 4.36. The summed E-state index contributed by atoms with van der Waals surface area (Å²) in [6.07, 6.45) is 3.96. The van der Waals surface area contributed by atoms with Crippen LogP contribution in [0, 0.1) is 13.8 Å². The average molecular weight is 203 g/mol. The minimum absolute atomic E-state index is 0.578. The van der Waals surface area contributed by atoms with Crippen LogP contribution < -0.4 is 5.32 Å². The van der Waals surface area contributed by atoms with Crippen LogP contribution in [0.15, 0.2) is 18.2 Å². The van der Waals surface area contributed by atoms with Gasteiger partial charge < -0.3 is 5.32 Å². The summed E-state index contributed by atoms with van der Waals surface area (Å²) in [6.45, 7) is 6.67. The van der Waals surface area contributed by atoms with E-state index in [0.29, 0.717) is 12.1 Å². The van der Waals surface area contributed by atoms with Crippen molar-refractivity contribution in [2.45, 2.75) is 52.1 Å². The molecule has 1 fully saturated rings. The van der Waals surface area contributed by atoms with Crippen molar-refractivity contribution in [2.75, 3.05) is 0 Å². The summed E-state index contributed by atoms with van der Waals surface area (Å²) in [7, 11) is 0. The highest BCUT2D eigenvalue weighted by Gasteiger charge is 2.20. The van der Waals surface area contributed by atoms with Crippen LogP contribution in [-0.4, -0.2) is 6.04 Å². The molecule has 0 saturated carbocycles. The number of hydrogen-bond donors (Lipinski definition) is 1. The molecule has 1 heteroatoms. The lowest BCUT2D eigenvalue weighted by Crippen LogP contribution is -2.34. The van der Waals surface area contributed by atoms with Gasteiger partial charge in [-0.25, -0.2) is 0 Å². The summed E-state index contributed by atoms with van der Waals surface area (Å²) < 4.78 is 0. The van der Waals surface area contributed by atoms with Crippen LogP contribution in [0.25, 0.3) is 0 Å². The highest BCUT2D eigenvalue weighted by molar-refractivity contribution is 5.33. The molecule has 15 heavy (non-hydrogen) atoms. The zero-order valence-electron chi connectivity index (χ0n) is 10.0. The molecule has 1 aliphatic heterocycles. The molecule has 2 unspecified atom stereocenters. The summed E-state index contributed by atoms with van der Waals surface area (Å²) in [4.78, 5) is 0. The van der Waals surface area contributed by atoms with Gasteiger partial charge >= 0.3 is 0 Å². The van der Waals surface area contributed by atoms with Crippen LogP contribution in [0.1, 0.15) is 48.9 Å². The van der Waals surface area contributed by atoms with E-state index in [0.717, 1.165) is 0 Å². The van der Waals surface area contributed by atoms with E-state index >= 15 is 0 Å². The molecule has 1 saturated heterocycles. The Morgan fingerprint density at radius 2 is 2.00 bits per heavy atom. The van der Waals surface area contributed by atoms with E-state index in [1.165, 1.54) is 36.0 Å². The second-order valence-corrected chi connectivity index (χ2v) is 4.91. The van der Waals surface area contributed by atoms with Crippen LogP contribution in [0.2, 0.25) is 0 Å². The molecule has 1 N–H and O–H groups in total. The Kier molecular flexibility index (Phi) is 3.11. The highest BCUT2D eigenvalue weighted by Crippen LogP contribution is 2.27. The van der Waals surface area contributed by atoms with Crippen molar-refractivity contribution in [1.82, 2.24) is 5.32 Å². The van der Waals surface area contributed by atoms with Crippen molar-refractivity contribution < 1.29 is 0 Å². The first-order valence-corrected chi connectivity index (χ1v) is 6.00. The fraction of sp³-hybridized carbons (Fsp3) is 0.571.